The van der Waals surface area contributed by atoms with Gasteiger partial charge in [0, 0.05) is 20.1 Å². The molecule has 4 rings (SSSR count). The van der Waals surface area contributed by atoms with Crippen LogP contribution in [0.5, 0.6) is 0 Å². The van der Waals surface area contributed by atoms with Crippen LogP contribution in [-0.4, -0.2) is 45.4 Å². The summed E-state index contributed by atoms with van der Waals surface area (Å²) in [7, 11) is -2.03. The number of benzene rings is 1. The smallest absolute Gasteiger partial charge is 0.326 e. The number of fused-ring (bicyclic) bond motifs is 1. The van der Waals surface area contributed by atoms with Gasteiger partial charge in [-0.1, -0.05) is 35.3 Å². The van der Waals surface area contributed by atoms with Gasteiger partial charge in [-0.2, -0.15) is 8.42 Å². The molecule has 0 atom stereocenters. The largest absolute Gasteiger partial charge is 0.338 e. The standard InChI is InChI=1S/C17H17Cl2N3O3S2/c1-20-13-4-2-3-5-14(13)22(27(20,24)25)11-6-8-21(9-7-11)17(23)12-10-15(18)26-16(12)19/h2-5,10-11H,6-9H2,1H3. The van der Waals surface area contributed by atoms with Crippen LogP contribution < -0.4 is 8.61 Å². The van der Waals surface area contributed by atoms with Gasteiger partial charge in [0.05, 0.1) is 27.3 Å². The van der Waals surface area contributed by atoms with Gasteiger partial charge in [0.2, 0.25) is 0 Å². The molecule has 0 spiro atoms. The predicted molar refractivity (Wildman–Crippen MR) is 110 cm³/mol. The van der Waals surface area contributed by atoms with Gasteiger partial charge < -0.3 is 4.90 Å². The van der Waals surface area contributed by atoms with E-state index >= 15 is 0 Å². The fourth-order valence-corrected chi connectivity index (χ4v) is 6.75. The third-order valence-corrected chi connectivity index (χ3v) is 8.39. The van der Waals surface area contributed by atoms with Gasteiger partial charge in [0.25, 0.3) is 5.91 Å². The van der Waals surface area contributed by atoms with Gasteiger partial charge >= 0.3 is 10.2 Å². The van der Waals surface area contributed by atoms with Gasteiger partial charge in [-0.3, -0.25) is 9.10 Å². The highest BCUT2D eigenvalue weighted by atomic mass is 35.5. The van der Waals surface area contributed by atoms with Crippen molar-refractivity contribution in [3.05, 3.63) is 44.6 Å². The predicted octanol–water partition coefficient (Wildman–Crippen LogP) is 3.86. The van der Waals surface area contributed by atoms with E-state index in [1.807, 2.05) is 18.2 Å². The SMILES string of the molecule is CN1c2ccccc2N(C2CCN(C(=O)c3cc(Cl)sc3Cl)CC2)S1(=O)=O. The highest BCUT2D eigenvalue weighted by Crippen LogP contribution is 2.42. The minimum Gasteiger partial charge on any atom is -0.338 e. The van der Waals surface area contributed by atoms with E-state index in [-0.39, 0.29) is 11.9 Å². The van der Waals surface area contributed by atoms with Crippen molar-refractivity contribution in [2.75, 3.05) is 28.7 Å². The van der Waals surface area contributed by atoms with Gasteiger partial charge in [0.1, 0.15) is 4.34 Å². The van der Waals surface area contributed by atoms with Crippen LogP contribution in [0.3, 0.4) is 0 Å². The zero-order chi connectivity index (χ0) is 19.3. The van der Waals surface area contributed by atoms with E-state index in [2.05, 4.69) is 0 Å². The first-order valence-electron chi connectivity index (χ1n) is 8.42. The first-order chi connectivity index (χ1) is 12.8. The van der Waals surface area contributed by atoms with Gasteiger partial charge in [0.15, 0.2) is 0 Å². The number of rotatable bonds is 2. The summed E-state index contributed by atoms with van der Waals surface area (Å²) in [6.45, 7) is 0.927. The second kappa shape index (κ2) is 6.84. The fourth-order valence-electron chi connectivity index (χ4n) is 3.64. The zero-order valence-electron chi connectivity index (χ0n) is 14.4. The van der Waals surface area contributed by atoms with E-state index in [0.29, 0.717) is 51.5 Å². The molecule has 1 aromatic heterocycles. The van der Waals surface area contributed by atoms with Crippen molar-refractivity contribution in [1.29, 1.82) is 0 Å². The zero-order valence-corrected chi connectivity index (χ0v) is 17.6. The van der Waals surface area contributed by atoms with Crippen molar-refractivity contribution < 1.29 is 13.2 Å². The molecule has 2 aromatic rings. The number of amides is 1. The van der Waals surface area contributed by atoms with Crippen molar-refractivity contribution in [3.63, 3.8) is 0 Å². The lowest BCUT2D eigenvalue weighted by atomic mass is 10.0. The molecule has 0 bridgehead atoms. The lowest BCUT2D eigenvalue weighted by Gasteiger charge is -2.36. The lowest BCUT2D eigenvalue weighted by Crippen LogP contribution is -2.49. The second-order valence-electron chi connectivity index (χ2n) is 6.52. The van der Waals surface area contributed by atoms with Gasteiger partial charge in [-0.05, 0) is 31.0 Å². The molecular formula is C17H17Cl2N3O3S2. The van der Waals surface area contributed by atoms with Crippen molar-refractivity contribution >= 4 is 62.0 Å². The van der Waals surface area contributed by atoms with Gasteiger partial charge in [-0.15, -0.1) is 11.3 Å². The number of halogens is 2. The third-order valence-electron chi connectivity index (χ3n) is 5.02. The maximum Gasteiger partial charge on any atom is 0.326 e. The van der Waals surface area contributed by atoms with E-state index in [9.17, 15) is 13.2 Å². The summed E-state index contributed by atoms with van der Waals surface area (Å²) in [6, 6.07) is 8.67. The maximum atomic E-state index is 12.9. The van der Waals surface area contributed by atoms with Crippen molar-refractivity contribution in [2.45, 2.75) is 18.9 Å². The van der Waals surface area contributed by atoms with Crippen LogP contribution in [0.1, 0.15) is 23.2 Å². The number of likely N-dealkylation sites (tertiary alicyclic amines) is 1. The molecule has 1 saturated heterocycles. The molecule has 3 heterocycles. The van der Waals surface area contributed by atoms with Gasteiger partial charge in [-0.25, -0.2) is 4.31 Å². The normalized spacial score (nSPS) is 19.4. The molecular weight excluding hydrogens is 429 g/mol. The minimum atomic E-state index is -3.59. The molecule has 0 aliphatic carbocycles. The van der Waals surface area contributed by atoms with E-state index in [1.165, 1.54) is 19.9 Å². The molecule has 27 heavy (non-hydrogen) atoms. The Labute approximate surface area is 172 Å². The van der Waals surface area contributed by atoms with E-state index < -0.39 is 10.2 Å². The first kappa shape index (κ1) is 18.9. The van der Waals surface area contributed by atoms with E-state index in [0.717, 1.165) is 0 Å². The van der Waals surface area contributed by atoms with Crippen molar-refractivity contribution in [2.24, 2.45) is 0 Å². The Balaban J connectivity index is 1.53. The Morgan fingerprint density at radius 1 is 1.15 bits per heavy atom. The number of piperidine rings is 1. The number of thiophene rings is 1. The molecule has 2 aliphatic rings. The first-order valence-corrected chi connectivity index (χ1v) is 11.4. The second-order valence-corrected chi connectivity index (χ2v) is 10.6. The molecule has 6 nitrogen and oxygen atoms in total. The minimum absolute atomic E-state index is 0.164. The number of hydrogen-bond acceptors (Lipinski definition) is 4. The Morgan fingerprint density at radius 3 is 2.37 bits per heavy atom. The quantitative estimate of drug-likeness (QED) is 0.704. The molecule has 0 radical (unpaired) electrons. The number of carbonyl (C=O) groups excluding carboxylic acids is 1. The number of nitrogens with zero attached hydrogens (tertiary/aromatic N) is 3. The summed E-state index contributed by atoms with van der Waals surface area (Å²) < 4.78 is 29.4. The molecule has 1 amide bonds. The highest BCUT2D eigenvalue weighted by molar-refractivity contribution is 7.94. The summed E-state index contributed by atoms with van der Waals surface area (Å²) in [5.74, 6) is -0.164. The lowest BCUT2D eigenvalue weighted by molar-refractivity contribution is 0.0716. The molecule has 1 fully saturated rings. The summed E-state index contributed by atoms with van der Waals surface area (Å²) >= 11 is 13.2. The van der Waals surface area contributed by atoms with Crippen LogP contribution in [0.4, 0.5) is 11.4 Å². The Morgan fingerprint density at radius 2 is 1.78 bits per heavy atom. The molecule has 0 N–H and O–H groups in total. The summed E-state index contributed by atoms with van der Waals surface area (Å²) in [5, 5.41) is 0. The molecule has 0 unspecified atom stereocenters. The molecule has 144 valence electrons. The van der Waals surface area contributed by atoms with Crippen molar-refractivity contribution in [3.8, 4) is 0 Å². The summed E-state index contributed by atoms with van der Waals surface area (Å²) in [5.41, 5.74) is 1.78. The van der Waals surface area contributed by atoms with E-state index in [4.69, 9.17) is 23.2 Å². The molecule has 10 heteroatoms. The maximum absolute atomic E-state index is 12.9. The molecule has 1 aromatic carbocycles. The average Bonchev–Trinajstić information content (AvgIpc) is 3.08. The van der Waals surface area contributed by atoms with Crippen LogP contribution in [0, 0.1) is 0 Å². The van der Waals surface area contributed by atoms with E-state index in [1.54, 1.807) is 24.1 Å². The Hall–Kier alpha value is -1.48. The number of anilines is 2. The Bertz CT molecular complexity index is 1000. The highest BCUT2D eigenvalue weighted by Gasteiger charge is 2.43. The summed E-state index contributed by atoms with van der Waals surface area (Å²) in [6.07, 6.45) is 1.12. The molecule has 2 aliphatic heterocycles. The van der Waals surface area contributed by atoms with Crippen LogP contribution in [0.25, 0.3) is 0 Å². The number of para-hydroxylation sites is 2. The Kier molecular flexibility index (Phi) is 4.78. The third kappa shape index (κ3) is 3.08. The topological polar surface area (TPSA) is 60.9 Å². The summed E-state index contributed by atoms with van der Waals surface area (Å²) in [4.78, 5) is 14.4. The van der Waals surface area contributed by atoms with Crippen LogP contribution >= 0.6 is 34.5 Å². The monoisotopic (exact) mass is 445 g/mol. The van der Waals surface area contributed by atoms with Crippen LogP contribution in [0.15, 0.2) is 30.3 Å². The fraction of sp³-hybridized carbons (Fsp3) is 0.353. The molecule has 0 saturated carbocycles. The number of carbonyl (C=O) groups is 1. The number of hydrogen-bond donors (Lipinski definition) is 0. The van der Waals surface area contributed by atoms with Crippen LogP contribution in [0.2, 0.25) is 8.67 Å². The van der Waals surface area contributed by atoms with Crippen molar-refractivity contribution in [1.82, 2.24) is 4.90 Å². The van der Waals surface area contributed by atoms with Crippen LogP contribution in [-0.2, 0) is 10.2 Å². The average molecular weight is 446 g/mol.